The van der Waals surface area contributed by atoms with E-state index in [-0.39, 0.29) is 6.61 Å². The molecule has 0 saturated heterocycles. The molecule has 0 atom stereocenters. The van der Waals surface area contributed by atoms with Crippen molar-refractivity contribution >= 4 is 20.5 Å². The minimum absolute atomic E-state index is 0.199. The zero-order valence-corrected chi connectivity index (χ0v) is 11.9. The average Bonchev–Trinajstić information content (AvgIpc) is 2.34. The number of hydrogen-bond acceptors (Lipinski definition) is 4. The number of carbonyl (C=O) groups excluding carboxylic acids is 2. The van der Waals surface area contributed by atoms with Gasteiger partial charge in [-0.3, -0.25) is 0 Å². The van der Waals surface area contributed by atoms with Gasteiger partial charge in [0.25, 0.3) is 8.32 Å². The van der Waals surface area contributed by atoms with Crippen LogP contribution in [0.15, 0.2) is 10.2 Å². The van der Waals surface area contributed by atoms with Crippen molar-refractivity contribution in [1.29, 1.82) is 0 Å². The van der Waals surface area contributed by atoms with Crippen molar-refractivity contribution in [3.8, 4) is 0 Å². The van der Waals surface area contributed by atoms with Crippen LogP contribution < -0.4 is 0 Å². The lowest BCUT2D eigenvalue weighted by molar-refractivity contribution is 0.160. The molecule has 0 aliphatic rings. The van der Waals surface area contributed by atoms with Crippen molar-refractivity contribution in [2.75, 3.05) is 6.61 Å². The molecule has 0 aliphatic carbocycles. The molecule has 0 aliphatic heterocycles. The number of carbonyl (C=O) groups is 2. The number of rotatable bonds is 5. The van der Waals surface area contributed by atoms with E-state index in [0.717, 1.165) is 18.1 Å². The molecule has 0 aromatic carbocycles. The molecule has 0 aromatic heterocycles. The summed E-state index contributed by atoms with van der Waals surface area (Å²) in [5.74, 6) is 0. The summed E-state index contributed by atoms with van der Waals surface area (Å²) in [7, 11) is -2.03. The summed E-state index contributed by atoms with van der Waals surface area (Å²) >= 11 is 0. The monoisotopic (exact) mass is 260 g/mol. The molecule has 98 valence electrons. The Balaban J connectivity index is 4.38. The zero-order chi connectivity index (χ0) is 13.3. The van der Waals surface area contributed by atoms with Crippen LogP contribution in [0.2, 0.25) is 18.1 Å². The summed E-state index contributed by atoms with van der Waals surface area (Å²) in [4.78, 5) is 22.2. The summed E-state index contributed by atoms with van der Waals surface area (Å²) in [6.45, 7) is 7.83. The molecule has 17 heavy (non-hydrogen) atoms. The van der Waals surface area contributed by atoms with Crippen LogP contribution in [0, 0.1) is 0 Å². The lowest BCUT2D eigenvalue weighted by Gasteiger charge is -2.25. The highest BCUT2D eigenvalue weighted by Crippen LogP contribution is 2.22. The molecule has 0 aromatic rings. The minimum atomic E-state index is -2.03. The second-order valence-electron chi connectivity index (χ2n) is 3.51. The number of nitrogens with zero attached hydrogens (tertiary/aromatic N) is 2. The Kier molecular flexibility index (Phi) is 7.36. The van der Waals surface area contributed by atoms with Gasteiger partial charge in [0.15, 0.2) is 0 Å². The first kappa shape index (κ1) is 15.8. The Hall–Kier alpha value is -1.24. The van der Waals surface area contributed by atoms with Gasteiger partial charge in [0.2, 0.25) is 0 Å². The summed E-state index contributed by atoms with van der Waals surface area (Å²) in [6, 6.07) is 2.50. The van der Waals surface area contributed by atoms with Crippen molar-refractivity contribution in [3.63, 3.8) is 0 Å². The fraction of sp³-hybridized carbons (Fsp3) is 0.800. The fourth-order valence-electron chi connectivity index (χ4n) is 1.41. The first-order chi connectivity index (χ1) is 8.03. The average molecular weight is 260 g/mol. The zero-order valence-electron chi connectivity index (χ0n) is 10.9. The van der Waals surface area contributed by atoms with Gasteiger partial charge in [-0.15, -0.1) is 0 Å². The van der Waals surface area contributed by atoms with Gasteiger partial charge in [-0.2, -0.15) is 0 Å². The van der Waals surface area contributed by atoms with E-state index in [1.807, 2.05) is 20.8 Å². The first-order valence-corrected chi connectivity index (χ1v) is 8.38. The molecular weight excluding hydrogens is 240 g/mol. The topological polar surface area (TPSA) is 77.3 Å². The third kappa shape index (κ3) is 5.57. The van der Waals surface area contributed by atoms with Crippen LogP contribution >= 0.6 is 0 Å². The molecule has 0 N–H and O–H groups in total. The normalized spacial score (nSPS) is 11.5. The van der Waals surface area contributed by atoms with Crippen LogP contribution in [0.25, 0.3) is 0 Å². The molecule has 0 rings (SSSR count). The predicted octanol–water partition coefficient (Wildman–Crippen LogP) is 3.74. The lowest BCUT2D eigenvalue weighted by Crippen LogP contribution is -2.37. The Labute approximate surface area is 103 Å². The van der Waals surface area contributed by atoms with Crippen LogP contribution in [0.4, 0.5) is 9.59 Å². The molecule has 0 saturated carbocycles. The lowest BCUT2D eigenvalue weighted by atomic mass is 10.9. The maximum Gasteiger partial charge on any atom is 0.452 e. The number of ether oxygens (including phenoxy) is 1. The molecular formula is C10H20N2O4Si. The number of amides is 2. The van der Waals surface area contributed by atoms with Gasteiger partial charge >= 0.3 is 12.2 Å². The SMILES string of the molecule is CCOC(=O)N=NC(=O)O[Si](CC)(CC)CC. The third-order valence-electron chi connectivity index (χ3n) is 2.72. The second-order valence-corrected chi connectivity index (χ2v) is 8.20. The van der Waals surface area contributed by atoms with Gasteiger partial charge < -0.3 is 9.16 Å². The molecule has 0 radical (unpaired) electrons. The standard InChI is InChI=1S/C10H20N2O4Si/c1-5-15-9(13)11-12-10(14)16-17(6-2,7-3)8-4/h5-8H2,1-4H3. The van der Waals surface area contributed by atoms with Gasteiger partial charge in [-0.25, -0.2) is 9.59 Å². The Morgan fingerprint density at radius 1 is 0.941 bits per heavy atom. The van der Waals surface area contributed by atoms with Crippen molar-refractivity contribution in [1.82, 2.24) is 0 Å². The van der Waals surface area contributed by atoms with Crippen LogP contribution in [0.5, 0.6) is 0 Å². The second kappa shape index (κ2) is 7.94. The fourth-order valence-corrected chi connectivity index (χ4v) is 3.75. The Morgan fingerprint density at radius 3 is 1.82 bits per heavy atom. The van der Waals surface area contributed by atoms with E-state index in [2.05, 4.69) is 15.0 Å². The highest BCUT2D eigenvalue weighted by atomic mass is 28.4. The summed E-state index contributed by atoms with van der Waals surface area (Å²) in [5.41, 5.74) is 0. The highest BCUT2D eigenvalue weighted by Gasteiger charge is 2.32. The van der Waals surface area contributed by atoms with Crippen LogP contribution in [-0.2, 0) is 9.16 Å². The predicted molar refractivity (Wildman–Crippen MR) is 65.6 cm³/mol. The largest absolute Gasteiger partial charge is 0.501 e. The molecule has 0 bridgehead atoms. The van der Waals surface area contributed by atoms with Gasteiger partial charge in [0, 0.05) is 0 Å². The van der Waals surface area contributed by atoms with Gasteiger partial charge in [0.1, 0.15) is 0 Å². The van der Waals surface area contributed by atoms with Gasteiger partial charge in [-0.05, 0) is 25.1 Å². The van der Waals surface area contributed by atoms with Crippen molar-refractivity contribution in [2.24, 2.45) is 10.2 Å². The number of azo groups is 1. The summed E-state index contributed by atoms with van der Waals surface area (Å²) in [6.07, 6.45) is -1.67. The van der Waals surface area contributed by atoms with Crippen molar-refractivity contribution in [2.45, 2.75) is 45.8 Å². The van der Waals surface area contributed by atoms with E-state index < -0.39 is 20.5 Å². The maximum atomic E-state index is 11.4. The van der Waals surface area contributed by atoms with Crippen molar-refractivity contribution < 1.29 is 18.8 Å². The Bertz CT molecular complexity index is 282. The molecule has 6 nitrogen and oxygen atoms in total. The summed E-state index contributed by atoms with van der Waals surface area (Å²) < 4.78 is 9.85. The smallest absolute Gasteiger partial charge is 0.452 e. The van der Waals surface area contributed by atoms with Crippen molar-refractivity contribution in [3.05, 3.63) is 0 Å². The molecule has 7 heteroatoms. The highest BCUT2D eigenvalue weighted by molar-refractivity contribution is 6.74. The van der Waals surface area contributed by atoms with E-state index in [1.165, 1.54) is 0 Å². The molecule has 0 fully saturated rings. The van der Waals surface area contributed by atoms with E-state index in [9.17, 15) is 9.59 Å². The van der Waals surface area contributed by atoms with Gasteiger partial charge in [0.05, 0.1) is 6.61 Å². The third-order valence-corrected chi connectivity index (χ3v) is 7.19. The maximum absolute atomic E-state index is 11.4. The quantitative estimate of drug-likeness (QED) is 0.557. The van der Waals surface area contributed by atoms with Crippen LogP contribution in [-0.4, -0.2) is 27.1 Å². The number of hydrogen-bond donors (Lipinski definition) is 0. The molecule has 2 amide bonds. The molecule has 0 heterocycles. The van der Waals surface area contributed by atoms with Crippen LogP contribution in [0.3, 0.4) is 0 Å². The van der Waals surface area contributed by atoms with E-state index >= 15 is 0 Å². The van der Waals surface area contributed by atoms with E-state index in [0.29, 0.717) is 0 Å². The Morgan fingerprint density at radius 2 is 1.41 bits per heavy atom. The van der Waals surface area contributed by atoms with Gasteiger partial charge in [-0.1, -0.05) is 31.0 Å². The molecule has 0 spiro atoms. The minimum Gasteiger partial charge on any atom is -0.501 e. The van der Waals surface area contributed by atoms with E-state index in [4.69, 9.17) is 4.43 Å². The van der Waals surface area contributed by atoms with Crippen LogP contribution in [0.1, 0.15) is 27.7 Å². The first-order valence-electron chi connectivity index (χ1n) is 5.85. The van der Waals surface area contributed by atoms with E-state index in [1.54, 1.807) is 6.92 Å². The molecule has 0 unspecified atom stereocenters. The summed E-state index contributed by atoms with van der Waals surface area (Å²) in [5, 5.41) is 6.31.